The van der Waals surface area contributed by atoms with Gasteiger partial charge in [-0.2, -0.15) is 0 Å². The van der Waals surface area contributed by atoms with E-state index in [1.165, 1.54) is 18.1 Å². The number of carbonyl (C=O) groups is 2. The zero-order valence-electron chi connectivity index (χ0n) is 14.0. The van der Waals surface area contributed by atoms with E-state index in [2.05, 4.69) is 4.74 Å². The van der Waals surface area contributed by atoms with E-state index >= 15 is 0 Å². The highest BCUT2D eigenvalue weighted by molar-refractivity contribution is 5.91. The van der Waals surface area contributed by atoms with Crippen LogP contribution in [0.15, 0.2) is 24.3 Å². The topological polar surface area (TPSA) is 65.1 Å². The van der Waals surface area contributed by atoms with Crippen LogP contribution in [0.3, 0.4) is 0 Å². The molecule has 0 aromatic heterocycles. The number of hydrogen-bond donors (Lipinski definition) is 0. The maximum atomic E-state index is 12.0. The number of benzene rings is 1. The van der Waals surface area contributed by atoms with E-state index in [1.807, 2.05) is 13.0 Å². The average molecular weight is 321 g/mol. The minimum absolute atomic E-state index is 0.170. The summed E-state index contributed by atoms with van der Waals surface area (Å²) in [6.07, 6.45) is 3.31. The Balaban J connectivity index is 2.68. The molecular formula is C17H23NO5. The van der Waals surface area contributed by atoms with Gasteiger partial charge in [0.2, 0.25) is 5.91 Å². The highest BCUT2D eigenvalue weighted by Crippen LogP contribution is 2.28. The van der Waals surface area contributed by atoms with E-state index in [0.717, 1.165) is 5.56 Å². The molecule has 0 radical (unpaired) electrons. The first kappa shape index (κ1) is 18.5. The summed E-state index contributed by atoms with van der Waals surface area (Å²) in [6.45, 7) is 2.76. The average Bonchev–Trinajstić information content (AvgIpc) is 2.58. The van der Waals surface area contributed by atoms with E-state index in [9.17, 15) is 9.59 Å². The molecule has 0 aliphatic carbocycles. The molecule has 23 heavy (non-hydrogen) atoms. The number of hydrogen-bond acceptors (Lipinski definition) is 5. The predicted octanol–water partition coefficient (Wildman–Crippen LogP) is 2.13. The number of rotatable bonds is 8. The molecule has 1 amide bonds. The van der Waals surface area contributed by atoms with Gasteiger partial charge >= 0.3 is 5.97 Å². The van der Waals surface area contributed by atoms with Gasteiger partial charge in [-0.15, -0.1) is 0 Å². The van der Waals surface area contributed by atoms with Gasteiger partial charge in [0, 0.05) is 19.7 Å². The lowest BCUT2D eigenvalue weighted by atomic mass is 10.2. The first-order valence-corrected chi connectivity index (χ1v) is 7.32. The maximum Gasteiger partial charge on any atom is 0.307 e. The van der Waals surface area contributed by atoms with Crippen molar-refractivity contribution in [2.75, 3.05) is 34.4 Å². The number of nitrogens with zero attached hydrogens (tertiary/aromatic N) is 1. The normalized spacial score (nSPS) is 10.4. The highest BCUT2D eigenvalue weighted by atomic mass is 16.5. The number of carbonyl (C=O) groups excluding carboxylic acids is 2. The molecule has 0 fully saturated rings. The van der Waals surface area contributed by atoms with Gasteiger partial charge in [0.25, 0.3) is 0 Å². The Labute approximate surface area is 136 Å². The number of methoxy groups -OCH3 is 2. The fourth-order valence-corrected chi connectivity index (χ4v) is 1.83. The molecule has 0 saturated carbocycles. The maximum absolute atomic E-state index is 12.0. The standard InChI is InChI=1S/C17H23NO5/c1-5-23-14-8-6-13(12-15(14)21-3)7-9-16(19)18(2)11-10-17(20)22-4/h6-9,12H,5,10-11H2,1-4H3/b9-7+. The first-order valence-electron chi connectivity index (χ1n) is 7.32. The molecule has 1 aromatic rings. The predicted molar refractivity (Wildman–Crippen MR) is 87.5 cm³/mol. The molecule has 0 aliphatic heterocycles. The van der Waals surface area contributed by atoms with Crippen molar-refractivity contribution in [3.63, 3.8) is 0 Å². The fourth-order valence-electron chi connectivity index (χ4n) is 1.83. The number of likely N-dealkylation sites (N-methyl/N-ethyl adjacent to an activating group) is 1. The van der Waals surface area contributed by atoms with Gasteiger partial charge in [0.15, 0.2) is 11.5 Å². The largest absolute Gasteiger partial charge is 0.493 e. The summed E-state index contributed by atoms with van der Waals surface area (Å²) in [5, 5.41) is 0. The highest BCUT2D eigenvalue weighted by Gasteiger charge is 2.08. The summed E-state index contributed by atoms with van der Waals surface area (Å²) < 4.78 is 15.3. The zero-order valence-corrected chi connectivity index (χ0v) is 14.0. The van der Waals surface area contributed by atoms with Gasteiger partial charge in [-0.1, -0.05) is 6.07 Å². The van der Waals surface area contributed by atoms with Crippen molar-refractivity contribution < 1.29 is 23.8 Å². The van der Waals surface area contributed by atoms with Crippen molar-refractivity contribution in [3.8, 4) is 11.5 Å². The molecule has 0 atom stereocenters. The summed E-state index contributed by atoms with van der Waals surface area (Å²) in [7, 11) is 4.52. The third-order valence-corrected chi connectivity index (χ3v) is 3.16. The third-order valence-electron chi connectivity index (χ3n) is 3.16. The van der Waals surface area contributed by atoms with Crippen molar-refractivity contribution >= 4 is 18.0 Å². The second kappa shape index (κ2) is 9.50. The molecule has 0 unspecified atom stereocenters. The van der Waals surface area contributed by atoms with Gasteiger partial charge in [-0.05, 0) is 30.7 Å². The second-order valence-corrected chi connectivity index (χ2v) is 4.76. The van der Waals surface area contributed by atoms with E-state index in [0.29, 0.717) is 24.7 Å². The summed E-state index contributed by atoms with van der Waals surface area (Å²) >= 11 is 0. The zero-order chi connectivity index (χ0) is 17.2. The van der Waals surface area contributed by atoms with E-state index < -0.39 is 0 Å². The molecule has 6 heteroatoms. The minimum atomic E-state index is -0.343. The molecule has 1 aromatic carbocycles. The monoisotopic (exact) mass is 321 g/mol. The smallest absolute Gasteiger partial charge is 0.307 e. The molecule has 0 bridgehead atoms. The van der Waals surface area contributed by atoms with E-state index in [4.69, 9.17) is 9.47 Å². The van der Waals surface area contributed by atoms with Crippen LogP contribution in [-0.4, -0.2) is 51.2 Å². The van der Waals surface area contributed by atoms with Crippen molar-refractivity contribution in [3.05, 3.63) is 29.8 Å². The van der Waals surface area contributed by atoms with Gasteiger partial charge < -0.3 is 19.1 Å². The molecule has 0 spiro atoms. The third kappa shape index (κ3) is 6.02. The van der Waals surface area contributed by atoms with Gasteiger partial charge in [0.1, 0.15) is 0 Å². The van der Waals surface area contributed by atoms with Crippen molar-refractivity contribution in [2.45, 2.75) is 13.3 Å². The Morgan fingerprint density at radius 3 is 2.57 bits per heavy atom. The summed E-state index contributed by atoms with van der Waals surface area (Å²) in [6, 6.07) is 5.43. The van der Waals surface area contributed by atoms with Crippen LogP contribution in [-0.2, 0) is 14.3 Å². The molecule has 0 heterocycles. The number of amides is 1. The van der Waals surface area contributed by atoms with Crippen molar-refractivity contribution in [1.82, 2.24) is 4.90 Å². The lowest BCUT2D eigenvalue weighted by Gasteiger charge is -2.14. The number of esters is 1. The molecular weight excluding hydrogens is 298 g/mol. The molecule has 126 valence electrons. The molecule has 0 N–H and O–H groups in total. The Morgan fingerprint density at radius 1 is 1.22 bits per heavy atom. The summed E-state index contributed by atoms with van der Waals surface area (Å²) in [5.41, 5.74) is 0.819. The van der Waals surface area contributed by atoms with E-state index in [1.54, 1.807) is 32.4 Å². The van der Waals surface area contributed by atoms with Gasteiger partial charge in [-0.3, -0.25) is 9.59 Å². The lowest BCUT2D eigenvalue weighted by Crippen LogP contribution is -2.27. The first-order chi connectivity index (χ1) is 11.0. The lowest BCUT2D eigenvalue weighted by molar-refractivity contribution is -0.141. The SMILES string of the molecule is CCOc1ccc(/C=C/C(=O)N(C)CCC(=O)OC)cc1OC. The molecule has 0 aliphatic rings. The molecule has 0 saturated heterocycles. The van der Waals surface area contributed by atoms with Crippen molar-refractivity contribution in [2.24, 2.45) is 0 Å². The van der Waals surface area contributed by atoms with Crippen LogP contribution in [0, 0.1) is 0 Å². The number of ether oxygens (including phenoxy) is 3. The summed E-state index contributed by atoms with van der Waals surface area (Å²) in [4.78, 5) is 24.5. The Bertz CT molecular complexity index is 568. The van der Waals surface area contributed by atoms with Crippen molar-refractivity contribution in [1.29, 1.82) is 0 Å². The fraction of sp³-hybridized carbons (Fsp3) is 0.412. The molecule has 1 rings (SSSR count). The molecule has 6 nitrogen and oxygen atoms in total. The Kier molecular flexibility index (Phi) is 7.66. The van der Waals surface area contributed by atoms with Crippen LogP contribution in [0.4, 0.5) is 0 Å². The van der Waals surface area contributed by atoms with Crippen LogP contribution in [0.1, 0.15) is 18.9 Å². The van der Waals surface area contributed by atoms with Gasteiger partial charge in [0.05, 0.1) is 27.2 Å². The minimum Gasteiger partial charge on any atom is -0.493 e. The van der Waals surface area contributed by atoms with Crippen LogP contribution >= 0.6 is 0 Å². The van der Waals surface area contributed by atoms with Crippen LogP contribution < -0.4 is 9.47 Å². The van der Waals surface area contributed by atoms with Crippen LogP contribution in [0.5, 0.6) is 11.5 Å². The second-order valence-electron chi connectivity index (χ2n) is 4.76. The van der Waals surface area contributed by atoms with E-state index in [-0.39, 0.29) is 18.3 Å². The summed E-state index contributed by atoms with van der Waals surface area (Å²) in [5.74, 6) is 0.737. The Hall–Kier alpha value is -2.50. The van der Waals surface area contributed by atoms with Crippen LogP contribution in [0.2, 0.25) is 0 Å². The quantitative estimate of drug-likeness (QED) is 0.542. The van der Waals surface area contributed by atoms with Gasteiger partial charge in [-0.25, -0.2) is 0 Å². The Morgan fingerprint density at radius 2 is 1.96 bits per heavy atom. The van der Waals surface area contributed by atoms with Crippen LogP contribution in [0.25, 0.3) is 6.08 Å².